The average molecular weight is 324 g/mol. The second kappa shape index (κ2) is 5.29. The van der Waals surface area contributed by atoms with E-state index in [2.05, 4.69) is 43.4 Å². The van der Waals surface area contributed by atoms with E-state index in [0.717, 1.165) is 35.8 Å². The molecule has 1 aliphatic carbocycles. The number of nitrogens with zero attached hydrogens (tertiary/aromatic N) is 4. The van der Waals surface area contributed by atoms with Gasteiger partial charge in [0.2, 0.25) is 0 Å². The normalized spacial score (nSPS) is 28.8. The van der Waals surface area contributed by atoms with E-state index in [0.29, 0.717) is 17.9 Å². The number of imidazole rings is 1. The smallest absolute Gasteiger partial charge is 0.156 e. The first-order valence-corrected chi connectivity index (χ1v) is 8.96. The standard InChI is InChI=1S/C18H24N6/c1-11-4-12(8-23-9-13(19)10-23)5-14(11)16-6-21-17-7-22-18-15(24(16)17)2-3-20-18/h2-3,6-7,11-14,20H,4-5,8-10,19H2,1H3/t11-,12+,14?/m1/s1. The fourth-order valence-electron chi connectivity index (χ4n) is 4.82. The van der Waals surface area contributed by atoms with Gasteiger partial charge in [-0.3, -0.25) is 9.30 Å². The van der Waals surface area contributed by atoms with Crippen LogP contribution < -0.4 is 5.73 Å². The molecule has 3 aromatic heterocycles. The maximum atomic E-state index is 5.92. The SMILES string of the molecule is C[C@@H]1C[C@H](CN2CC(N)C2)CC1c1cnc2cnc3[nH]ccc3n12. The molecule has 0 aromatic carbocycles. The molecule has 1 aliphatic heterocycles. The van der Waals surface area contributed by atoms with Gasteiger partial charge in [-0.2, -0.15) is 0 Å². The van der Waals surface area contributed by atoms with E-state index in [1.807, 2.05) is 12.4 Å². The Kier molecular flexibility index (Phi) is 3.18. The van der Waals surface area contributed by atoms with Gasteiger partial charge in [-0.05, 0) is 30.7 Å². The summed E-state index contributed by atoms with van der Waals surface area (Å²) in [4.78, 5) is 14.8. The van der Waals surface area contributed by atoms with Crippen molar-refractivity contribution in [3.05, 3.63) is 30.4 Å². The molecule has 1 saturated heterocycles. The van der Waals surface area contributed by atoms with Crippen molar-refractivity contribution in [3.63, 3.8) is 0 Å². The number of aromatic amines is 1. The van der Waals surface area contributed by atoms with E-state index in [1.54, 1.807) is 0 Å². The number of aromatic nitrogens is 4. The second-order valence-electron chi connectivity index (χ2n) is 7.75. The molecule has 6 nitrogen and oxygen atoms in total. The summed E-state index contributed by atoms with van der Waals surface area (Å²) in [5, 5.41) is 0. The van der Waals surface area contributed by atoms with Gasteiger partial charge in [-0.25, -0.2) is 9.97 Å². The van der Waals surface area contributed by atoms with Crippen LogP contribution in [0.5, 0.6) is 0 Å². The van der Waals surface area contributed by atoms with Crippen LogP contribution in [0.25, 0.3) is 16.8 Å². The number of likely N-dealkylation sites (tertiary alicyclic amines) is 1. The summed E-state index contributed by atoms with van der Waals surface area (Å²) in [6.07, 6.45) is 8.42. The van der Waals surface area contributed by atoms with Crippen LogP contribution >= 0.6 is 0 Å². The number of hydrogen-bond acceptors (Lipinski definition) is 4. The van der Waals surface area contributed by atoms with Crippen molar-refractivity contribution in [2.24, 2.45) is 17.6 Å². The quantitative estimate of drug-likeness (QED) is 0.772. The number of fused-ring (bicyclic) bond motifs is 3. The van der Waals surface area contributed by atoms with E-state index < -0.39 is 0 Å². The van der Waals surface area contributed by atoms with Crippen LogP contribution in [0.15, 0.2) is 24.7 Å². The fourth-order valence-corrected chi connectivity index (χ4v) is 4.82. The minimum absolute atomic E-state index is 0.396. The molecule has 5 rings (SSSR count). The predicted octanol–water partition coefficient (Wildman–Crippen LogP) is 1.98. The minimum atomic E-state index is 0.396. The molecular formula is C18H24N6. The fraction of sp³-hybridized carbons (Fsp3) is 0.556. The molecule has 0 amide bonds. The van der Waals surface area contributed by atoms with Gasteiger partial charge in [0.25, 0.3) is 0 Å². The molecule has 4 heterocycles. The maximum Gasteiger partial charge on any atom is 0.156 e. The number of hydrogen-bond donors (Lipinski definition) is 2. The van der Waals surface area contributed by atoms with Crippen molar-refractivity contribution >= 4 is 16.8 Å². The zero-order valence-corrected chi connectivity index (χ0v) is 14.0. The molecule has 126 valence electrons. The second-order valence-corrected chi connectivity index (χ2v) is 7.75. The van der Waals surface area contributed by atoms with Crippen LogP contribution in [-0.2, 0) is 0 Å². The summed E-state index contributed by atoms with van der Waals surface area (Å²) in [7, 11) is 0. The van der Waals surface area contributed by atoms with Gasteiger partial charge in [0.15, 0.2) is 11.3 Å². The summed E-state index contributed by atoms with van der Waals surface area (Å²) < 4.78 is 2.29. The highest BCUT2D eigenvalue weighted by Crippen LogP contribution is 2.43. The van der Waals surface area contributed by atoms with Crippen LogP contribution in [0, 0.1) is 11.8 Å². The van der Waals surface area contributed by atoms with E-state index in [4.69, 9.17) is 5.73 Å². The Morgan fingerprint density at radius 2 is 2.12 bits per heavy atom. The molecule has 24 heavy (non-hydrogen) atoms. The van der Waals surface area contributed by atoms with Crippen molar-refractivity contribution in [2.45, 2.75) is 31.7 Å². The lowest BCUT2D eigenvalue weighted by molar-refractivity contribution is 0.126. The molecule has 2 fully saturated rings. The van der Waals surface area contributed by atoms with Crippen LogP contribution in [0.1, 0.15) is 31.4 Å². The number of nitrogens with one attached hydrogen (secondary N) is 1. The van der Waals surface area contributed by atoms with Crippen molar-refractivity contribution in [1.82, 2.24) is 24.3 Å². The van der Waals surface area contributed by atoms with Gasteiger partial charge in [0, 0.05) is 49.7 Å². The van der Waals surface area contributed by atoms with Gasteiger partial charge >= 0.3 is 0 Å². The van der Waals surface area contributed by atoms with Gasteiger partial charge in [-0.15, -0.1) is 0 Å². The lowest BCUT2D eigenvalue weighted by atomic mass is 9.95. The molecule has 6 heteroatoms. The van der Waals surface area contributed by atoms with Crippen LogP contribution in [-0.4, -0.2) is 49.9 Å². The molecule has 3 atom stereocenters. The minimum Gasteiger partial charge on any atom is -0.345 e. The summed E-state index contributed by atoms with van der Waals surface area (Å²) in [5.41, 5.74) is 10.3. The Bertz CT molecular complexity index is 874. The highest BCUT2D eigenvalue weighted by molar-refractivity contribution is 5.74. The van der Waals surface area contributed by atoms with Crippen LogP contribution in [0.3, 0.4) is 0 Å². The first-order valence-electron chi connectivity index (χ1n) is 8.96. The van der Waals surface area contributed by atoms with Gasteiger partial charge in [-0.1, -0.05) is 6.92 Å². The summed E-state index contributed by atoms with van der Waals surface area (Å²) in [6, 6.07) is 2.49. The lowest BCUT2D eigenvalue weighted by Crippen LogP contribution is -2.56. The molecule has 0 radical (unpaired) electrons. The zero-order chi connectivity index (χ0) is 16.3. The Morgan fingerprint density at radius 1 is 1.25 bits per heavy atom. The molecule has 0 spiro atoms. The Hall–Kier alpha value is -1.92. The summed E-state index contributed by atoms with van der Waals surface area (Å²) >= 11 is 0. The molecule has 3 aromatic rings. The van der Waals surface area contributed by atoms with Crippen LogP contribution in [0.4, 0.5) is 0 Å². The third-order valence-electron chi connectivity index (χ3n) is 5.93. The van der Waals surface area contributed by atoms with E-state index in [9.17, 15) is 0 Å². The molecule has 3 N–H and O–H groups in total. The molecule has 1 saturated carbocycles. The molecular weight excluding hydrogens is 300 g/mol. The Balaban J connectivity index is 1.45. The Labute approximate surface area is 141 Å². The first kappa shape index (κ1) is 14.4. The monoisotopic (exact) mass is 324 g/mol. The maximum absolute atomic E-state index is 5.92. The third-order valence-corrected chi connectivity index (χ3v) is 5.93. The van der Waals surface area contributed by atoms with Crippen molar-refractivity contribution in [1.29, 1.82) is 0 Å². The molecule has 0 bridgehead atoms. The van der Waals surface area contributed by atoms with E-state index in [1.165, 1.54) is 25.1 Å². The topological polar surface area (TPSA) is 75.2 Å². The van der Waals surface area contributed by atoms with Gasteiger partial charge < -0.3 is 10.7 Å². The largest absolute Gasteiger partial charge is 0.345 e. The highest BCUT2D eigenvalue weighted by atomic mass is 15.2. The van der Waals surface area contributed by atoms with Crippen molar-refractivity contribution in [3.8, 4) is 0 Å². The van der Waals surface area contributed by atoms with Gasteiger partial charge in [0.05, 0.1) is 11.7 Å². The lowest BCUT2D eigenvalue weighted by Gasteiger charge is -2.38. The Morgan fingerprint density at radius 3 is 2.96 bits per heavy atom. The number of rotatable bonds is 3. The summed E-state index contributed by atoms with van der Waals surface area (Å²) in [5.74, 6) is 2.03. The molecule has 1 unspecified atom stereocenters. The van der Waals surface area contributed by atoms with E-state index in [-0.39, 0.29) is 0 Å². The molecule has 2 aliphatic rings. The summed E-state index contributed by atoms with van der Waals surface area (Å²) in [6.45, 7) is 5.73. The number of nitrogens with two attached hydrogens (primary N) is 1. The van der Waals surface area contributed by atoms with Crippen LogP contribution in [0.2, 0.25) is 0 Å². The highest BCUT2D eigenvalue weighted by Gasteiger charge is 2.36. The average Bonchev–Trinajstić information content (AvgIpc) is 3.22. The first-order chi connectivity index (χ1) is 11.7. The number of H-pyrrole nitrogens is 1. The zero-order valence-electron chi connectivity index (χ0n) is 14.0. The van der Waals surface area contributed by atoms with Crippen molar-refractivity contribution < 1.29 is 0 Å². The van der Waals surface area contributed by atoms with E-state index >= 15 is 0 Å². The van der Waals surface area contributed by atoms with Gasteiger partial charge in [0.1, 0.15) is 0 Å². The third kappa shape index (κ3) is 2.17. The van der Waals surface area contributed by atoms with Crippen molar-refractivity contribution in [2.75, 3.05) is 19.6 Å². The predicted molar refractivity (Wildman–Crippen MR) is 93.9 cm³/mol.